The van der Waals surface area contributed by atoms with Gasteiger partial charge in [-0.2, -0.15) is 0 Å². The van der Waals surface area contributed by atoms with Crippen LogP contribution in [-0.2, 0) is 16.4 Å². The van der Waals surface area contributed by atoms with Crippen LogP contribution in [0.4, 0.5) is 0 Å². The molecule has 1 aliphatic heterocycles. The SMILES string of the molecule is CS(=O)(=O)N1CCC[C@H](Cc2cncc(-c3ccccc3C(=O)O)n2)C1. The lowest BCUT2D eigenvalue weighted by Crippen LogP contribution is -2.39. The van der Waals surface area contributed by atoms with E-state index >= 15 is 0 Å². The molecule has 1 saturated heterocycles. The molecule has 2 aromatic rings. The first-order valence-electron chi connectivity index (χ1n) is 8.43. The molecule has 1 N–H and O–H groups in total. The predicted octanol–water partition coefficient (Wildman–Crippen LogP) is 2.06. The zero-order valence-electron chi connectivity index (χ0n) is 14.5. The molecule has 138 valence electrons. The molecule has 8 heteroatoms. The topological polar surface area (TPSA) is 100 Å². The molecule has 3 rings (SSSR count). The van der Waals surface area contributed by atoms with Gasteiger partial charge in [0.15, 0.2) is 0 Å². The van der Waals surface area contributed by atoms with E-state index in [9.17, 15) is 18.3 Å². The van der Waals surface area contributed by atoms with Gasteiger partial charge in [0, 0.05) is 24.8 Å². The molecule has 1 aromatic heterocycles. The number of piperidine rings is 1. The molecule has 1 atom stereocenters. The summed E-state index contributed by atoms with van der Waals surface area (Å²) < 4.78 is 25.0. The normalized spacial score (nSPS) is 18.6. The van der Waals surface area contributed by atoms with Crippen molar-refractivity contribution in [2.75, 3.05) is 19.3 Å². The minimum atomic E-state index is -3.19. The van der Waals surface area contributed by atoms with Crippen molar-refractivity contribution < 1.29 is 18.3 Å². The third kappa shape index (κ3) is 4.25. The number of carboxylic acid groups (broad SMARTS) is 1. The molecule has 0 aliphatic carbocycles. The molecule has 2 heterocycles. The van der Waals surface area contributed by atoms with Crippen LogP contribution in [0.5, 0.6) is 0 Å². The molecule has 7 nitrogen and oxygen atoms in total. The summed E-state index contributed by atoms with van der Waals surface area (Å²) in [6, 6.07) is 6.69. The first-order valence-corrected chi connectivity index (χ1v) is 10.3. The highest BCUT2D eigenvalue weighted by atomic mass is 32.2. The van der Waals surface area contributed by atoms with E-state index in [1.165, 1.54) is 16.6 Å². The van der Waals surface area contributed by atoms with Crippen molar-refractivity contribution in [1.29, 1.82) is 0 Å². The fourth-order valence-electron chi connectivity index (χ4n) is 3.32. The molecule has 0 spiro atoms. The lowest BCUT2D eigenvalue weighted by molar-refractivity contribution is 0.0697. The number of carbonyl (C=O) groups is 1. The highest BCUT2D eigenvalue weighted by Crippen LogP contribution is 2.24. The minimum absolute atomic E-state index is 0.178. The Balaban J connectivity index is 1.81. The number of rotatable bonds is 5. The number of nitrogens with zero attached hydrogens (tertiary/aromatic N) is 3. The largest absolute Gasteiger partial charge is 0.478 e. The Kier molecular flexibility index (Phi) is 5.33. The number of sulfonamides is 1. The predicted molar refractivity (Wildman–Crippen MR) is 97.3 cm³/mol. The van der Waals surface area contributed by atoms with Crippen LogP contribution < -0.4 is 0 Å². The molecular weight excluding hydrogens is 354 g/mol. The van der Waals surface area contributed by atoms with Gasteiger partial charge in [0.1, 0.15) is 0 Å². The van der Waals surface area contributed by atoms with Gasteiger partial charge in [-0.3, -0.25) is 4.98 Å². The van der Waals surface area contributed by atoms with Crippen molar-refractivity contribution in [2.45, 2.75) is 19.3 Å². The quantitative estimate of drug-likeness (QED) is 0.858. The second-order valence-electron chi connectivity index (χ2n) is 6.58. The van der Waals surface area contributed by atoms with Crippen molar-refractivity contribution in [3.05, 3.63) is 47.9 Å². The summed E-state index contributed by atoms with van der Waals surface area (Å²) in [7, 11) is -3.19. The van der Waals surface area contributed by atoms with Gasteiger partial charge in [0.25, 0.3) is 0 Å². The summed E-state index contributed by atoms with van der Waals surface area (Å²) in [5.41, 5.74) is 1.95. The highest BCUT2D eigenvalue weighted by molar-refractivity contribution is 7.88. The van der Waals surface area contributed by atoms with Crippen LogP contribution in [-0.4, -0.2) is 53.1 Å². The van der Waals surface area contributed by atoms with Gasteiger partial charge in [0.05, 0.1) is 29.4 Å². The Morgan fingerprint density at radius 3 is 2.81 bits per heavy atom. The van der Waals surface area contributed by atoms with Crippen molar-refractivity contribution >= 4 is 16.0 Å². The molecule has 1 fully saturated rings. The van der Waals surface area contributed by atoms with E-state index < -0.39 is 16.0 Å². The number of aromatic nitrogens is 2. The smallest absolute Gasteiger partial charge is 0.336 e. The maximum atomic E-state index is 11.8. The zero-order chi connectivity index (χ0) is 18.7. The third-order valence-electron chi connectivity index (χ3n) is 4.57. The molecule has 1 aliphatic rings. The van der Waals surface area contributed by atoms with Crippen molar-refractivity contribution in [3.63, 3.8) is 0 Å². The number of hydrogen-bond acceptors (Lipinski definition) is 5. The second kappa shape index (κ2) is 7.51. The molecule has 0 unspecified atom stereocenters. The van der Waals surface area contributed by atoms with Crippen molar-refractivity contribution in [3.8, 4) is 11.3 Å². The van der Waals surface area contributed by atoms with E-state index in [-0.39, 0.29) is 11.5 Å². The Morgan fingerprint density at radius 2 is 2.08 bits per heavy atom. The number of hydrogen-bond donors (Lipinski definition) is 1. The Hall–Kier alpha value is -2.32. The van der Waals surface area contributed by atoms with Gasteiger partial charge in [-0.15, -0.1) is 0 Å². The van der Waals surface area contributed by atoms with Gasteiger partial charge in [-0.25, -0.2) is 22.5 Å². The first-order chi connectivity index (χ1) is 12.3. The molecule has 0 bridgehead atoms. The van der Waals surface area contributed by atoms with Gasteiger partial charge in [0.2, 0.25) is 10.0 Å². The highest BCUT2D eigenvalue weighted by Gasteiger charge is 2.26. The van der Waals surface area contributed by atoms with Crippen LogP contribution in [0.3, 0.4) is 0 Å². The Morgan fingerprint density at radius 1 is 1.31 bits per heavy atom. The monoisotopic (exact) mass is 375 g/mol. The fraction of sp³-hybridized carbons (Fsp3) is 0.389. The van der Waals surface area contributed by atoms with Crippen LogP contribution in [0.1, 0.15) is 28.9 Å². The lowest BCUT2D eigenvalue weighted by atomic mass is 9.94. The van der Waals surface area contributed by atoms with E-state index in [1.807, 2.05) is 0 Å². The lowest BCUT2D eigenvalue weighted by Gasteiger charge is -2.30. The number of carboxylic acids is 1. The van der Waals surface area contributed by atoms with Crippen molar-refractivity contribution in [2.24, 2.45) is 5.92 Å². The maximum absolute atomic E-state index is 11.8. The van der Waals surface area contributed by atoms with Crippen LogP contribution in [0.2, 0.25) is 0 Å². The summed E-state index contributed by atoms with van der Waals surface area (Å²) in [5, 5.41) is 9.35. The summed E-state index contributed by atoms with van der Waals surface area (Å²) in [4.78, 5) is 20.2. The molecule has 0 radical (unpaired) electrons. The third-order valence-corrected chi connectivity index (χ3v) is 5.84. The number of benzene rings is 1. The molecular formula is C18H21N3O4S. The molecule has 0 amide bonds. The van der Waals surface area contributed by atoms with Gasteiger partial charge in [-0.1, -0.05) is 18.2 Å². The van der Waals surface area contributed by atoms with Crippen LogP contribution in [0.15, 0.2) is 36.7 Å². The first kappa shape index (κ1) is 18.5. The van der Waals surface area contributed by atoms with Crippen LogP contribution in [0.25, 0.3) is 11.3 Å². The summed E-state index contributed by atoms with van der Waals surface area (Å²) in [5.74, 6) is -0.832. The van der Waals surface area contributed by atoms with E-state index in [0.29, 0.717) is 30.8 Å². The van der Waals surface area contributed by atoms with Gasteiger partial charge < -0.3 is 5.11 Å². The average Bonchev–Trinajstić information content (AvgIpc) is 2.61. The van der Waals surface area contributed by atoms with E-state index in [2.05, 4.69) is 9.97 Å². The second-order valence-corrected chi connectivity index (χ2v) is 8.56. The molecule has 1 aromatic carbocycles. The van der Waals surface area contributed by atoms with Crippen LogP contribution >= 0.6 is 0 Å². The van der Waals surface area contributed by atoms with Gasteiger partial charge >= 0.3 is 5.97 Å². The zero-order valence-corrected chi connectivity index (χ0v) is 15.3. The van der Waals surface area contributed by atoms with E-state index in [1.54, 1.807) is 30.6 Å². The van der Waals surface area contributed by atoms with Gasteiger partial charge in [-0.05, 0) is 31.2 Å². The fourth-order valence-corrected chi connectivity index (χ4v) is 4.26. The van der Waals surface area contributed by atoms with E-state index in [0.717, 1.165) is 18.5 Å². The van der Waals surface area contributed by atoms with Crippen molar-refractivity contribution in [1.82, 2.24) is 14.3 Å². The van der Waals surface area contributed by atoms with Crippen LogP contribution in [0, 0.1) is 5.92 Å². The summed E-state index contributed by atoms with van der Waals surface area (Å²) in [6.45, 7) is 1.05. The summed E-state index contributed by atoms with van der Waals surface area (Å²) >= 11 is 0. The minimum Gasteiger partial charge on any atom is -0.478 e. The Bertz CT molecular complexity index is 914. The molecule has 26 heavy (non-hydrogen) atoms. The Labute approximate surface area is 152 Å². The molecule has 0 saturated carbocycles. The van der Waals surface area contributed by atoms with E-state index in [4.69, 9.17) is 0 Å². The number of aromatic carboxylic acids is 1. The standard InChI is InChI=1S/C18H21N3O4S/c1-26(24,25)21-8-4-5-13(12-21)9-14-10-19-11-17(20-14)15-6-2-3-7-16(15)18(22)23/h2-3,6-7,10-11,13H,4-5,8-9,12H2,1H3,(H,22,23)/t13-/m1/s1. The average molecular weight is 375 g/mol. The summed E-state index contributed by atoms with van der Waals surface area (Å²) in [6.07, 6.45) is 6.82. The maximum Gasteiger partial charge on any atom is 0.336 e.